The normalized spacial score (nSPS) is 28.6. The number of carbonyl (C=O) groups excluding carboxylic acids is 1. The van der Waals surface area contributed by atoms with Crippen LogP contribution < -0.4 is 5.32 Å². The highest BCUT2D eigenvalue weighted by Gasteiger charge is 2.42. The summed E-state index contributed by atoms with van der Waals surface area (Å²) >= 11 is 0. The summed E-state index contributed by atoms with van der Waals surface area (Å²) in [5.74, 6) is 1.91. The third-order valence-corrected chi connectivity index (χ3v) is 4.85. The summed E-state index contributed by atoms with van der Waals surface area (Å²) < 4.78 is 5.03. The van der Waals surface area contributed by atoms with Crippen molar-refractivity contribution < 1.29 is 9.53 Å². The van der Waals surface area contributed by atoms with E-state index in [2.05, 4.69) is 15.5 Å². The average Bonchev–Trinajstić information content (AvgIpc) is 3.12. The zero-order valence-electron chi connectivity index (χ0n) is 12.0. The number of amides is 1. The predicted octanol–water partition coefficient (Wildman–Crippen LogP) is 2.00. The lowest BCUT2D eigenvalue weighted by molar-refractivity contribution is -0.126. The number of nitrogens with one attached hydrogen (secondary N) is 2. The molecule has 3 atom stereocenters. The number of ether oxygens (including phenoxy) is 1. The molecule has 110 valence electrons. The third-order valence-electron chi connectivity index (χ3n) is 4.85. The standard InChI is InChI=1S/C15H23N3O2/c1-20-9-12-7-11(17-18-12)8-16-15(19)14-6-5-10-3-2-4-13(10)14/h7,10,13-14H,2-6,8-9H2,1H3,(H,16,19)(H,17,18)/t10-,13-,14-/m0/s1. The first-order valence-corrected chi connectivity index (χ1v) is 7.57. The Labute approximate surface area is 119 Å². The monoisotopic (exact) mass is 277 g/mol. The largest absolute Gasteiger partial charge is 0.378 e. The van der Waals surface area contributed by atoms with Gasteiger partial charge in [-0.05, 0) is 37.2 Å². The van der Waals surface area contributed by atoms with Crippen molar-refractivity contribution in [2.24, 2.45) is 17.8 Å². The number of aromatic amines is 1. The molecule has 0 aliphatic heterocycles. The lowest BCUT2D eigenvalue weighted by atomic mass is 9.91. The molecule has 1 aromatic rings. The zero-order valence-corrected chi connectivity index (χ0v) is 12.0. The minimum absolute atomic E-state index is 0.224. The van der Waals surface area contributed by atoms with Crippen molar-refractivity contribution in [1.29, 1.82) is 0 Å². The van der Waals surface area contributed by atoms with Gasteiger partial charge in [-0.3, -0.25) is 9.89 Å². The molecule has 5 nitrogen and oxygen atoms in total. The van der Waals surface area contributed by atoms with Gasteiger partial charge in [0, 0.05) is 13.0 Å². The molecule has 0 radical (unpaired) electrons. The van der Waals surface area contributed by atoms with Crippen LogP contribution >= 0.6 is 0 Å². The van der Waals surface area contributed by atoms with Crippen molar-refractivity contribution >= 4 is 5.91 Å². The highest BCUT2D eigenvalue weighted by molar-refractivity contribution is 5.79. The van der Waals surface area contributed by atoms with Crippen molar-refractivity contribution in [3.63, 3.8) is 0 Å². The van der Waals surface area contributed by atoms with E-state index in [1.807, 2.05) is 6.07 Å². The average molecular weight is 277 g/mol. The first-order valence-electron chi connectivity index (χ1n) is 7.57. The number of methoxy groups -OCH3 is 1. The predicted molar refractivity (Wildman–Crippen MR) is 74.7 cm³/mol. The molecule has 2 fully saturated rings. The van der Waals surface area contributed by atoms with E-state index in [1.165, 1.54) is 25.7 Å². The summed E-state index contributed by atoms with van der Waals surface area (Å²) in [5, 5.41) is 10.1. The van der Waals surface area contributed by atoms with E-state index in [0.29, 0.717) is 19.1 Å². The van der Waals surface area contributed by atoms with Crippen LogP contribution in [-0.4, -0.2) is 23.2 Å². The maximum absolute atomic E-state index is 12.3. The lowest BCUT2D eigenvalue weighted by Crippen LogP contribution is -2.32. The topological polar surface area (TPSA) is 67.0 Å². The number of hydrogen-bond donors (Lipinski definition) is 2. The fraction of sp³-hybridized carbons (Fsp3) is 0.733. The van der Waals surface area contributed by atoms with Crippen LogP contribution in [0.1, 0.15) is 43.5 Å². The van der Waals surface area contributed by atoms with Gasteiger partial charge in [-0.1, -0.05) is 12.8 Å². The Balaban J connectivity index is 1.51. The molecule has 3 rings (SSSR count). The zero-order chi connectivity index (χ0) is 13.9. The molecular formula is C15H23N3O2. The third kappa shape index (κ3) is 2.73. The van der Waals surface area contributed by atoms with E-state index in [-0.39, 0.29) is 11.8 Å². The van der Waals surface area contributed by atoms with Crippen LogP contribution in [0, 0.1) is 17.8 Å². The van der Waals surface area contributed by atoms with Crippen molar-refractivity contribution in [2.75, 3.05) is 7.11 Å². The van der Waals surface area contributed by atoms with E-state index in [0.717, 1.165) is 23.7 Å². The first kappa shape index (κ1) is 13.6. The maximum Gasteiger partial charge on any atom is 0.223 e. The summed E-state index contributed by atoms with van der Waals surface area (Å²) in [6.45, 7) is 1.03. The van der Waals surface area contributed by atoms with Crippen molar-refractivity contribution in [3.05, 3.63) is 17.5 Å². The van der Waals surface area contributed by atoms with Gasteiger partial charge in [0.1, 0.15) is 0 Å². The summed E-state index contributed by atoms with van der Waals surface area (Å²) in [5.41, 5.74) is 1.81. The van der Waals surface area contributed by atoms with E-state index < -0.39 is 0 Å². The van der Waals surface area contributed by atoms with Crippen molar-refractivity contribution in [1.82, 2.24) is 15.5 Å². The Kier molecular flexibility index (Phi) is 4.05. The molecule has 2 aliphatic rings. The fourth-order valence-corrected chi connectivity index (χ4v) is 3.92. The number of nitrogens with zero attached hydrogens (tertiary/aromatic N) is 1. The molecule has 20 heavy (non-hydrogen) atoms. The number of hydrogen-bond acceptors (Lipinski definition) is 3. The van der Waals surface area contributed by atoms with Crippen molar-refractivity contribution in [3.8, 4) is 0 Å². The van der Waals surface area contributed by atoms with Crippen LogP contribution in [0.2, 0.25) is 0 Å². The molecular weight excluding hydrogens is 254 g/mol. The van der Waals surface area contributed by atoms with E-state index in [9.17, 15) is 4.79 Å². The molecule has 1 heterocycles. The van der Waals surface area contributed by atoms with Crippen LogP contribution in [-0.2, 0) is 22.7 Å². The summed E-state index contributed by atoms with van der Waals surface area (Å²) in [6, 6.07) is 1.94. The van der Waals surface area contributed by atoms with E-state index in [4.69, 9.17) is 4.74 Å². The van der Waals surface area contributed by atoms with Gasteiger partial charge in [0.25, 0.3) is 0 Å². The highest BCUT2D eigenvalue weighted by atomic mass is 16.5. The second-order valence-electron chi connectivity index (χ2n) is 6.07. The molecule has 0 spiro atoms. The van der Waals surface area contributed by atoms with Crippen molar-refractivity contribution in [2.45, 2.75) is 45.3 Å². The number of aromatic nitrogens is 2. The Morgan fingerprint density at radius 3 is 3.20 bits per heavy atom. The van der Waals surface area contributed by atoms with Gasteiger partial charge in [0.05, 0.1) is 24.5 Å². The van der Waals surface area contributed by atoms with Gasteiger partial charge < -0.3 is 10.1 Å². The summed E-state index contributed by atoms with van der Waals surface area (Å²) in [6.07, 6.45) is 6.18. The molecule has 2 N–H and O–H groups in total. The number of H-pyrrole nitrogens is 1. The Bertz CT molecular complexity index is 471. The molecule has 2 saturated carbocycles. The minimum atomic E-state index is 0.224. The molecule has 5 heteroatoms. The summed E-state index contributed by atoms with van der Waals surface area (Å²) in [7, 11) is 1.65. The number of fused-ring (bicyclic) bond motifs is 1. The maximum atomic E-state index is 12.3. The molecule has 0 aromatic carbocycles. The number of rotatable bonds is 5. The molecule has 0 unspecified atom stereocenters. The van der Waals surface area contributed by atoms with E-state index in [1.54, 1.807) is 7.11 Å². The quantitative estimate of drug-likeness (QED) is 0.865. The van der Waals surface area contributed by atoms with E-state index >= 15 is 0 Å². The second-order valence-corrected chi connectivity index (χ2v) is 6.07. The van der Waals surface area contributed by atoms with Crippen LogP contribution in [0.5, 0.6) is 0 Å². The van der Waals surface area contributed by atoms with Gasteiger partial charge in [0.2, 0.25) is 5.91 Å². The van der Waals surface area contributed by atoms with Gasteiger partial charge in [-0.25, -0.2) is 0 Å². The lowest BCUT2D eigenvalue weighted by Gasteiger charge is -2.17. The van der Waals surface area contributed by atoms with Gasteiger partial charge >= 0.3 is 0 Å². The smallest absolute Gasteiger partial charge is 0.223 e. The van der Waals surface area contributed by atoms with Gasteiger partial charge in [0.15, 0.2) is 0 Å². The molecule has 1 amide bonds. The Hall–Kier alpha value is -1.36. The van der Waals surface area contributed by atoms with Crippen LogP contribution in [0.4, 0.5) is 0 Å². The SMILES string of the molecule is COCc1cc(CNC(=O)[C@H]2CC[C@@H]3CCC[C@@H]32)[nH]n1. The van der Waals surface area contributed by atoms with Gasteiger partial charge in [-0.15, -0.1) is 0 Å². The molecule has 0 saturated heterocycles. The Morgan fingerprint density at radius 1 is 1.45 bits per heavy atom. The second kappa shape index (κ2) is 5.95. The summed E-state index contributed by atoms with van der Waals surface area (Å²) in [4.78, 5) is 12.3. The minimum Gasteiger partial charge on any atom is -0.378 e. The highest BCUT2D eigenvalue weighted by Crippen LogP contribution is 2.47. The van der Waals surface area contributed by atoms with Gasteiger partial charge in [-0.2, -0.15) is 5.10 Å². The molecule has 0 bridgehead atoms. The van der Waals surface area contributed by atoms with Crippen LogP contribution in [0.3, 0.4) is 0 Å². The Morgan fingerprint density at radius 2 is 2.35 bits per heavy atom. The van der Waals surface area contributed by atoms with Crippen LogP contribution in [0.15, 0.2) is 6.07 Å². The first-order chi connectivity index (χ1) is 9.78. The molecule has 1 aromatic heterocycles. The number of carbonyl (C=O) groups is 1. The van der Waals surface area contributed by atoms with Crippen LogP contribution in [0.25, 0.3) is 0 Å². The molecule has 2 aliphatic carbocycles. The fourth-order valence-electron chi connectivity index (χ4n) is 3.92.